The van der Waals surface area contributed by atoms with Crippen LogP contribution in [0.2, 0.25) is 0 Å². The lowest BCUT2D eigenvalue weighted by Gasteiger charge is -2.15. The Kier molecular flexibility index (Phi) is 9.26. The Balaban J connectivity index is 0.00000312. The zero-order valence-corrected chi connectivity index (χ0v) is 17.6. The van der Waals surface area contributed by atoms with E-state index < -0.39 is 0 Å². The second-order valence-corrected chi connectivity index (χ2v) is 5.63. The van der Waals surface area contributed by atoms with E-state index in [9.17, 15) is 0 Å². The molecule has 6 heteroatoms. The van der Waals surface area contributed by atoms with E-state index in [2.05, 4.69) is 44.9 Å². The molecule has 0 saturated carbocycles. The van der Waals surface area contributed by atoms with Gasteiger partial charge in [-0.05, 0) is 25.8 Å². The lowest BCUT2D eigenvalue weighted by atomic mass is 10.1. The summed E-state index contributed by atoms with van der Waals surface area (Å²) < 4.78 is 5.45. The predicted octanol–water partition coefficient (Wildman–Crippen LogP) is 3.23. The number of aromatic nitrogens is 1. The molecule has 1 heterocycles. The van der Waals surface area contributed by atoms with E-state index in [4.69, 9.17) is 4.74 Å². The summed E-state index contributed by atoms with van der Waals surface area (Å²) in [5.74, 6) is 1.67. The van der Waals surface area contributed by atoms with Crippen molar-refractivity contribution in [2.24, 2.45) is 4.99 Å². The predicted molar refractivity (Wildman–Crippen MR) is 114 cm³/mol. The number of nitrogens with zero attached hydrogens (tertiary/aromatic N) is 2. The normalized spacial score (nSPS) is 10.8. The SMILES string of the molecule is CN=C(NCCc1ccccc1)NCc1ncc(C)c(OC)c1C.I. The van der Waals surface area contributed by atoms with Gasteiger partial charge in [-0.2, -0.15) is 0 Å². The number of nitrogens with one attached hydrogen (secondary N) is 2. The first-order valence-corrected chi connectivity index (χ1v) is 8.13. The number of hydrogen-bond donors (Lipinski definition) is 2. The van der Waals surface area contributed by atoms with Crippen molar-refractivity contribution in [1.82, 2.24) is 15.6 Å². The number of hydrogen-bond acceptors (Lipinski definition) is 3. The molecule has 0 aliphatic heterocycles. The number of benzene rings is 1. The average molecular weight is 454 g/mol. The van der Waals surface area contributed by atoms with Crippen molar-refractivity contribution in [2.75, 3.05) is 20.7 Å². The molecule has 1 aromatic heterocycles. The fourth-order valence-corrected chi connectivity index (χ4v) is 2.61. The molecule has 5 nitrogen and oxygen atoms in total. The molecule has 2 rings (SSSR count). The van der Waals surface area contributed by atoms with Gasteiger partial charge < -0.3 is 15.4 Å². The highest BCUT2D eigenvalue weighted by atomic mass is 127. The molecule has 136 valence electrons. The summed E-state index contributed by atoms with van der Waals surface area (Å²) >= 11 is 0. The minimum Gasteiger partial charge on any atom is -0.496 e. The van der Waals surface area contributed by atoms with E-state index >= 15 is 0 Å². The van der Waals surface area contributed by atoms with Crippen LogP contribution in [0, 0.1) is 13.8 Å². The summed E-state index contributed by atoms with van der Waals surface area (Å²) in [4.78, 5) is 8.75. The van der Waals surface area contributed by atoms with E-state index in [-0.39, 0.29) is 24.0 Å². The molecule has 0 amide bonds. The number of guanidine groups is 1. The van der Waals surface area contributed by atoms with Gasteiger partial charge in [0.05, 0.1) is 19.3 Å². The molecule has 0 saturated heterocycles. The first-order valence-electron chi connectivity index (χ1n) is 8.13. The minimum absolute atomic E-state index is 0. The summed E-state index contributed by atoms with van der Waals surface area (Å²) in [7, 11) is 3.46. The van der Waals surface area contributed by atoms with Crippen molar-refractivity contribution in [3.63, 3.8) is 0 Å². The van der Waals surface area contributed by atoms with E-state index in [0.717, 1.165) is 41.5 Å². The molecule has 0 radical (unpaired) electrons. The first-order chi connectivity index (χ1) is 11.7. The molecule has 0 spiro atoms. The van der Waals surface area contributed by atoms with Crippen LogP contribution in [-0.4, -0.2) is 31.6 Å². The van der Waals surface area contributed by atoms with Crippen LogP contribution < -0.4 is 15.4 Å². The lowest BCUT2D eigenvalue weighted by Crippen LogP contribution is -2.38. The van der Waals surface area contributed by atoms with E-state index in [0.29, 0.717) is 6.54 Å². The molecule has 0 atom stereocenters. The molecule has 0 aliphatic rings. The molecular weight excluding hydrogens is 427 g/mol. The zero-order valence-electron chi connectivity index (χ0n) is 15.3. The second-order valence-electron chi connectivity index (χ2n) is 5.63. The third kappa shape index (κ3) is 6.19. The van der Waals surface area contributed by atoms with Gasteiger partial charge in [-0.3, -0.25) is 9.98 Å². The number of aryl methyl sites for hydroxylation is 1. The molecule has 0 aliphatic carbocycles. The number of rotatable bonds is 6. The van der Waals surface area contributed by atoms with Crippen LogP contribution in [0.3, 0.4) is 0 Å². The number of halogens is 1. The smallest absolute Gasteiger partial charge is 0.191 e. The topological polar surface area (TPSA) is 58.5 Å². The van der Waals surface area contributed by atoms with Crippen molar-refractivity contribution < 1.29 is 4.74 Å². The fourth-order valence-electron chi connectivity index (χ4n) is 2.61. The maximum Gasteiger partial charge on any atom is 0.191 e. The third-order valence-corrected chi connectivity index (χ3v) is 3.95. The summed E-state index contributed by atoms with van der Waals surface area (Å²) in [6.07, 6.45) is 2.80. The number of ether oxygens (including phenoxy) is 1. The van der Waals surface area contributed by atoms with Gasteiger partial charge in [0.15, 0.2) is 5.96 Å². The lowest BCUT2D eigenvalue weighted by molar-refractivity contribution is 0.406. The summed E-state index contributed by atoms with van der Waals surface area (Å²) in [5.41, 5.74) is 4.37. The first kappa shape index (κ1) is 21.2. The number of pyridine rings is 1. The molecule has 0 bridgehead atoms. The van der Waals surface area contributed by atoms with Gasteiger partial charge in [0, 0.05) is 30.9 Å². The van der Waals surface area contributed by atoms with Crippen LogP contribution in [0.15, 0.2) is 41.5 Å². The highest BCUT2D eigenvalue weighted by Gasteiger charge is 2.09. The standard InChI is InChI=1S/C19H26N4O.HI/c1-14-12-22-17(15(2)18(14)24-4)13-23-19(20-3)21-11-10-16-8-6-5-7-9-16;/h5-9,12H,10-11,13H2,1-4H3,(H2,20,21,23);1H. The Labute approximate surface area is 167 Å². The largest absolute Gasteiger partial charge is 0.496 e. The van der Waals surface area contributed by atoms with Crippen LogP contribution in [-0.2, 0) is 13.0 Å². The number of aliphatic imine (C=N–C) groups is 1. The van der Waals surface area contributed by atoms with Crippen LogP contribution in [0.5, 0.6) is 5.75 Å². The Bertz CT molecular complexity index is 689. The maximum atomic E-state index is 5.45. The Morgan fingerprint density at radius 3 is 2.52 bits per heavy atom. The van der Waals surface area contributed by atoms with Crippen molar-refractivity contribution >= 4 is 29.9 Å². The van der Waals surface area contributed by atoms with Crippen molar-refractivity contribution in [3.8, 4) is 5.75 Å². The van der Waals surface area contributed by atoms with Gasteiger partial charge >= 0.3 is 0 Å². The second kappa shape index (κ2) is 10.9. The monoisotopic (exact) mass is 454 g/mol. The van der Waals surface area contributed by atoms with Crippen LogP contribution in [0.4, 0.5) is 0 Å². The molecule has 0 fully saturated rings. The van der Waals surface area contributed by atoms with Gasteiger partial charge in [0.25, 0.3) is 0 Å². The Hall–Kier alpha value is -1.83. The van der Waals surface area contributed by atoms with Gasteiger partial charge in [-0.25, -0.2) is 0 Å². The van der Waals surface area contributed by atoms with Gasteiger partial charge in [-0.15, -0.1) is 24.0 Å². The third-order valence-electron chi connectivity index (χ3n) is 3.95. The van der Waals surface area contributed by atoms with E-state index in [1.807, 2.05) is 26.1 Å². The molecule has 1 aromatic carbocycles. The van der Waals surface area contributed by atoms with Crippen molar-refractivity contribution in [1.29, 1.82) is 0 Å². The molecule has 2 N–H and O–H groups in total. The number of methoxy groups -OCH3 is 1. The molecular formula is C19H27IN4O. The van der Waals surface area contributed by atoms with Gasteiger partial charge in [0.2, 0.25) is 0 Å². The zero-order chi connectivity index (χ0) is 17.4. The van der Waals surface area contributed by atoms with E-state index in [1.165, 1.54) is 5.56 Å². The van der Waals surface area contributed by atoms with Gasteiger partial charge in [0.1, 0.15) is 5.75 Å². The highest BCUT2D eigenvalue weighted by molar-refractivity contribution is 14.0. The van der Waals surface area contributed by atoms with Crippen LogP contribution >= 0.6 is 24.0 Å². The Morgan fingerprint density at radius 1 is 1.16 bits per heavy atom. The van der Waals surface area contributed by atoms with Gasteiger partial charge in [-0.1, -0.05) is 30.3 Å². The Morgan fingerprint density at radius 2 is 1.88 bits per heavy atom. The van der Waals surface area contributed by atoms with Crippen LogP contribution in [0.25, 0.3) is 0 Å². The molecule has 25 heavy (non-hydrogen) atoms. The maximum absolute atomic E-state index is 5.45. The van der Waals surface area contributed by atoms with Crippen LogP contribution in [0.1, 0.15) is 22.4 Å². The fraction of sp³-hybridized carbons (Fsp3) is 0.368. The summed E-state index contributed by atoms with van der Waals surface area (Å²) in [6, 6.07) is 10.4. The van der Waals surface area contributed by atoms with Crippen molar-refractivity contribution in [3.05, 3.63) is 58.9 Å². The molecule has 0 unspecified atom stereocenters. The quantitative estimate of drug-likeness (QED) is 0.400. The highest BCUT2D eigenvalue weighted by Crippen LogP contribution is 2.23. The summed E-state index contributed by atoms with van der Waals surface area (Å²) in [6.45, 7) is 5.46. The average Bonchev–Trinajstić information content (AvgIpc) is 2.60. The van der Waals surface area contributed by atoms with Crippen molar-refractivity contribution in [2.45, 2.75) is 26.8 Å². The van der Waals surface area contributed by atoms with E-state index in [1.54, 1.807) is 14.2 Å². The molecule has 2 aromatic rings. The minimum atomic E-state index is 0. The summed E-state index contributed by atoms with van der Waals surface area (Å²) in [5, 5.41) is 6.63.